The fourth-order valence-corrected chi connectivity index (χ4v) is 1.49. The third-order valence-electron chi connectivity index (χ3n) is 1.57. The molecule has 0 spiro atoms. The van der Waals surface area contributed by atoms with Gasteiger partial charge in [0.15, 0.2) is 0 Å². The summed E-state index contributed by atoms with van der Waals surface area (Å²) in [5, 5.41) is 0.411. The van der Waals surface area contributed by atoms with Gasteiger partial charge in [-0.2, -0.15) is 0 Å². The molecule has 9 heavy (non-hydrogen) atoms. The smallest absolute Gasteiger partial charge is 0.0463 e. The highest BCUT2D eigenvalue weighted by Gasteiger charge is 2.13. The first-order valence-corrected chi connectivity index (χ1v) is 3.55. The van der Waals surface area contributed by atoms with E-state index < -0.39 is 0 Å². The zero-order chi connectivity index (χ0) is 5.98. The second kappa shape index (κ2) is 4.37. The summed E-state index contributed by atoms with van der Waals surface area (Å²) in [6.45, 7) is 2.30. The van der Waals surface area contributed by atoms with Gasteiger partial charge < -0.3 is 4.90 Å². The Hall–Kier alpha value is 0.540. The van der Waals surface area contributed by atoms with Crippen molar-refractivity contribution in [2.45, 2.75) is 18.2 Å². The topological polar surface area (TPSA) is 3.24 Å². The zero-order valence-electron chi connectivity index (χ0n) is 5.64. The average molecular weight is 170 g/mol. The van der Waals surface area contributed by atoms with Crippen LogP contribution in [-0.4, -0.2) is 30.4 Å². The standard InChI is InChI=1S/C6H12ClN.ClH/c1-8-4-2-3-6(7)5-8;/h6H,2-5H2,1H3;1H. The lowest BCUT2D eigenvalue weighted by Gasteiger charge is -2.25. The van der Waals surface area contributed by atoms with Gasteiger partial charge in [0.25, 0.3) is 0 Å². The minimum atomic E-state index is 0. The third kappa shape index (κ3) is 3.29. The fraction of sp³-hybridized carbons (Fsp3) is 1.00. The van der Waals surface area contributed by atoms with Gasteiger partial charge in [0, 0.05) is 11.9 Å². The van der Waals surface area contributed by atoms with Crippen LogP contribution in [0.3, 0.4) is 0 Å². The highest BCUT2D eigenvalue weighted by Crippen LogP contribution is 2.12. The normalized spacial score (nSPS) is 29.3. The summed E-state index contributed by atoms with van der Waals surface area (Å²) in [5.41, 5.74) is 0. The maximum Gasteiger partial charge on any atom is 0.0463 e. The summed E-state index contributed by atoms with van der Waals surface area (Å²) in [7, 11) is 2.12. The summed E-state index contributed by atoms with van der Waals surface area (Å²) < 4.78 is 0. The van der Waals surface area contributed by atoms with Gasteiger partial charge in [-0.25, -0.2) is 0 Å². The van der Waals surface area contributed by atoms with Gasteiger partial charge in [0.05, 0.1) is 0 Å². The molecular formula is C6H13Cl2N. The molecule has 1 heterocycles. The van der Waals surface area contributed by atoms with Crippen molar-refractivity contribution < 1.29 is 0 Å². The van der Waals surface area contributed by atoms with Crippen LogP contribution in [0.4, 0.5) is 0 Å². The largest absolute Gasteiger partial charge is 0.305 e. The van der Waals surface area contributed by atoms with Crippen LogP contribution >= 0.6 is 24.0 Å². The summed E-state index contributed by atoms with van der Waals surface area (Å²) in [6, 6.07) is 0. The lowest BCUT2D eigenvalue weighted by molar-refractivity contribution is 0.281. The molecule has 0 aromatic carbocycles. The van der Waals surface area contributed by atoms with E-state index in [0.717, 1.165) is 6.54 Å². The molecule has 56 valence electrons. The molecule has 0 amide bonds. The van der Waals surface area contributed by atoms with E-state index in [1.54, 1.807) is 0 Å². The van der Waals surface area contributed by atoms with Crippen molar-refractivity contribution in [3.63, 3.8) is 0 Å². The fourth-order valence-electron chi connectivity index (χ4n) is 1.10. The molecule has 1 unspecified atom stereocenters. The lowest BCUT2D eigenvalue weighted by Crippen LogP contribution is -2.32. The van der Waals surface area contributed by atoms with Gasteiger partial charge in [0.1, 0.15) is 0 Å². The van der Waals surface area contributed by atoms with Crippen LogP contribution < -0.4 is 0 Å². The number of hydrogen-bond donors (Lipinski definition) is 0. The first kappa shape index (κ1) is 9.54. The molecule has 1 saturated heterocycles. The van der Waals surface area contributed by atoms with Crippen LogP contribution in [0, 0.1) is 0 Å². The van der Waals surface area contributed by atoms with E-state index in [1.165, 1.54) is 19.4 Å². The van der Waals surface area contributed by atoms with Gasteiger partial charge in [0.2, 0.25) is 0 Å². The molecule has 1 rings (SSSR count). The number of rotatable bonds is 0. The molecule has 3 heteroatoms. The monoisotopic (exact) mass is 169 g/mol. The zero-order valence-corrected chi connectivity index (χ0v) is 7.21. The van der Waals surface area contributed by atoms with E-state index in [0.29, 0.717) is 5.38 Å². The SMILES string of the molecule is CN1CCCC(Cl)C1.Cl. The number of likely N-dealkylation sites (tertiary alicyclic amines) is 1. The molecule has 0 aromatic rings. The van der Waals surface area contributed by atoms with E-state index in [2.05, 4.69) is 11.9 Å². The van der Waals surface area contributed by atoms with E-state index in [4.69, 9.17) is 11.6 Å². The van der Waals surface area contributed by atoms with Crippen molar-refractivity contribution in [2.24, 2.45) is 0 Å². The summed E-state index contributed by atoms with van der Waals surface area (Å²) in [4.78, 5) is 2.28. The van der Waals surface area contributed by atoms with Crippen LogP contribution in [0.25, 0.3) is 0 Å². The first-order valence-electron chi connectivity index (χ1n) is 3.11. The molecule has 0 aromatic heterocycles. The molecule has 1 aliphatic heterocycles. The molecule has 1 atom stereocenters. The van der Waals surface area contributed by atoms with Gasteiger partial charge in [-0.3, -0.25) is 0 Å². The van der Waals surface area contributed by atoms with Gasteiger partial charge in [-0.05, 0) is 26.4 Å². The molecule has 1 nitrogen and oxygen atoms in total. The Labute approximate surface area is 67.8 Å². The average Bonchev–Trinajstić information content (AvgIpc) is 1.64. The van der Waals surface area contributed by atoms with Gasteiger partial charge >= 0.3 is 0 Å². The maximum atomic E-state index is 5.87. The Bertz CT molecular complexity index is 69.5. The van der Waals surface area contributed by atoms with Crippen LogP contribution in [0.5, 0.6) is 0 Å². The molecule has 0 N–H and O–H groups in total. The predicted molar refractivity (Wildman–Crippen MR) is 43.6 cm³/mol. The third-order valence-corrected chi connectivity index (χ3v) is 1.92. The van der Waals surface area contributed by atoms with Gasteiger partial charge in [-0.1, -0.05) is 0 Å². The van der Waals surface area contributed by atoms with E-state index >= 15 is 0 Å². The van der Waals surface area contributed by atoms with E-state index in [1.807, 2.05) is 0 Å². The Kier molecular flexibility index (Phi) is 4.63. The highest BCUT2D eigenvalue weighted by atomic mass is 35.5. The van der Waals surface area contributed by atoms with Crippen LogP contribution in [0.1, 0.15) is 12.8 Å². The number of piperidine rings is 1. The summed E-state index contributed by atoms with van der Waals surface area (Å²) in [5.74, 6) is 0. The maximum absolute atomic E-state index is 5.87. The second-order valence-electron chi connectivity index (χ2n) is 2.50. The Balaban J connectivity index is 0.000000640. The van der Waals surface area contributed by atoms with Gasteiger partial charge in [-0.15, -0.1) is 24.0 Å². The lowest BCUT2D eigenvalue weighted by atomic mass is 10.1. The van der Waals surface area contributed by atoms with Crippen molar-refractivity contribution >= 4 is 24.0 Å². The molecule has 0 aliphatic carbocycles. The minimum Gasteiger partial charge on any atom is -0.305 e. The number of nitrogens with zero attached hydrogens (tertiary/aromatic N) is 1. The number of hydrogen-bond acceptors (Lipinski definition) is 1. The van der Waals surface area contributed by atoms with Crippen molar-refractivity contribution in [2.75, 3.05) is 20.1 Å². The highest BCUT2D eigenvalue weighted by molar-refractivity contribution is 6.20. The summed E-state index contributed by atoms with van der Waals surface area (Å²) in [6.07, 6.45) is 2.47. The number of halogens is 2. The quantitative estimate of drug-likeness (QED) is 0.500. The summed E-state index contributed by atoms with van der Waals surface area (Å²) >= 11 is 5.87. The molecule has 0 bridgehead atoms. The molecule has 1 aliphatic rings. The van der Waals surface area contributed by atoms with Crippen LogP contribution in [0.15, 0.2) is 0 Å². The van der Waals surface area contributed by atoms with Crippen LogP contribution in [0.2, 0.25) is 0 Å². The van der Waals surface area contributed by atoms with Crippen molar-refractivity contribution in [3.8, 4) is 0 Å². The van der Waals surface area contributed by atoms with Crippen molar-refractivity contribution in [1.29, 1.82) is 0 Å². The minimum absolute atomic E-state index is 0. The second-order valence-corrected chi connectivity index (χ2v) is 3.12. The number of alkyl halides is 1. The molecule has 0 saturated carbocycles. The first-order chi connectivity index (χ1) is 3.79. The Morgan fingerprint density at radius 2 is 2.22 bits per heavy atom. The van der Waals surface area contributed by atoms with Crippen molar-refractivity contribution in [1.82, 2.24) is 4.90 Å². The van der Waals surface area contributed by atoms with E-state index in [9.17, 15) is 0 Å². The van der Waals surface area contributed by atoms with E-state index in [-0.39, 0.29) is 12.4 Å². The molecule has 0 radical (unpaired) electrons. The molecular weight excluding hydrogens is 157 g/mol. The predicted octanol–water partition coefficient (Wildman–Crippen LogP) is 1.74. The Morgan fingerprint density at radius 1 is 1.56 bits per heavy atom. The van der Waals surface area contributed by atoms with Crippen LogP contribution in [-0.2, 0) is 0 Å². The Morgan fingerprint density at radius 3 is 2.56 bits per heavy atom. The van der Waals surface area contributed by atoms with Crippen molar-refractivity contribution in [3.05, 3.63) is 0 Å². The molecule has 1 fully saturated rings.